The predicted octanol–water partition coefficient (Wildman–Crippen LogP) is 3.27. The highest BCUT2D eigenvalue weighted by molar-refractivity contribution is 6.30. The van der Waals surface area contributed by atoms with Gasteiger partial charge in [0.15, 0.2) is 6.10 Å². The van der Waals surface area contributed by atoms with Gasteiger partial charge in [0.1, 0.15) is 5.75 Å². The first-order valence-electron chi connectivity index (χ1n) is 9.04. The Morgan fingerprint density at radius 3 is 2.69 bits per heavy atom. The van der Waals surface area contributed by atoms with Crippen molar-refractivity contribution in [3.63, 3.8) is 0 Å². The monoisotopic (exact) mass is 411 g/mol. The van der Waals surface area contributed by atoms with E-state index in [1.54, 1.807) is 35.9 Å². The fourth-order valence-corrected chi connectivity index (χ4v) is 3.16. The van der Waals surface area contributed by atoms with E-state index < -0.39 is 12.0 Å². The minimum Gasteiger partial charge on any atom is -0.481 e. The van der Waals surface area contributed by atoms with Crippen LogP contribution in [-0.4, -0.2) is 32.7 Å². The van der Waals surface area contributed by atoms with Crippen LogP contribution in [0.2, 0.25) is 5.02 Å². The van der Waals surface area contributed by atoms with E-state index in [1.807, 2.05) is 30.3 Å². The number of hydrogen-bond donors (Lipinski definition) is 2. The molecule has 2 amide bonds. The molecule has 1 aliphatic heterocycles. The number of amides is 2. The third-order valence-electron chi connectivity index (χ3n) is 4.47. The molecule has 9 heteroatoms. The third-order valence-corrected chi connectivity index (χ3v) is 4.72. The maximum atomic E-state index is 12.5. The molecule has 3 aromatic rings. The van der Waals surface area contributed by atoms with Crippen molar-refractivity contribution < 1.29 is 14.3 Å². The molecule has 0 fully saturated rings. The summed E-state index contributed by atoms with van der Waals surface area (Å²) in [5, 5.41) is 10.3. The van der Waals surface area contributed by atoms with Gasteiger partial charge in [0.25, 0.3) is 11.9 Å². The van der Waals surface area contributed by atoms with Crippen LogP contribution in [0, 0.1) is 0 Å². The lowest BCUT2D eigenvalue weighted by Crippen LogP contribution is -2.30. The van der Waals surface area contributed by atoms with E-state index in [9.17, 15) is 9.59 Å². The Morgan fingerprint density at radius 2 is 1.97 bits per heavy atom. The van der Waals surface area contributed by atoms with E-state index in [0.717, 1.165) is 5.56 Å². The van der Waals surface area contributed by atoms with Gasteiger partial charge >= 0.3 is 0 Å². The van der Waals surface area contributed by atoms with Crippen LogP contribution in [0.4, 0.5) is 11.9 Å². The van der Waals surface area contributed by atoms with Gasteiger partial charge in [0, 0.05) is 5.02 Å². The van der Waals surface area contributed by atoms with Crippen LogP contribution in [0.5, 0.6) is 5.75 Å². The fourth-order valence-electron chi connectivity index (χ4n) is 3.03. The second-order valence-electron chi connectivity index (χ2n) is 6.59. The number of benzene rings is 2. The van der Waals surface area contributed by atoms with Gasteiger partial charge < -0.3 is 4.74 Å². The van der Waals surface area contributed by atoms with Crippen LogP contribution < -0.4 is 15.4 Å². The molecule has 2 N–H and O–H groups in total. The number of nitrogens with zero attached hydrogens (tertiary/aromatic N) is 3. The van der Waals surface area contributed by atoms with Crippen molar-refractivity contribution in [1.29, 1.82) is 0 Å². The molecule has 4 rings (SSSR count). The lowest BCUT2D eigenvalue weighted by molar-refractivity contribution is -0.122. The Balaban J connectivity index is 1.51. The van der Waals surface area contributed by atoms with E-state index in [-0.39, 0.29) is 30.3 Å². The topological polar surface area (TPSA) is 98.1 Å². The van der Waals surface area contributed by atoms with E-state index >= 15 is 0 Å². The minimum atomic E-state index is -0.750. The first kappa shape index (κ1) is 18.9. The number of carbonyl (C=O) groups excluding carboxylic acids is 2. The van der Waals surface area contributed by atoms with Gasteiger partial charge in [-0.15, -0.1) is 5.10 Å². The van der Waals surface area contributed by atoms with E-state index in [2.05, 4.69) is 20.7 Å². The number of aromatic nitrogens is 3. The Hall–Kier alpha value is -3.39. The molecular formula is C20H18ClN5O3. The zero-order valence-electron chi connectivity index (χ0n) is 15.5. The summed E-state index contributed by atoms with van der Waals surface area (Å²) < 4.78 is 7.20. The summed E-state index contributed by atoms with van der Waals surface area (Å²) in [6, 6.07) is 15.9. The number of anilines is 2. The van der Waals surface area contributed by atoms with Crippen LogP contribution in [0.3, 0.4) is 0 Å². The van der Waals surface area contributed by atoms with Gasteiger partial charge in [0.05, 0.1) is 12.5 Å². The van der Waals surface area contributed by atoms with Gasteiger partial charge in [-0.3, -0.25) is 20.2 Å². The fraction of sp³-hybridized carbons (Fsp3) is 0.200. The zero-order chi connectivity index (χ0) is 20.4. The summed E-state index contributed by atoms with van der Waals surface area (Å²) in [7, 11) is 0. The molecule has 2 heterocycles. The molecule has 0 radical (unpaired) electrons. The summed E-state index contributed by atoms with van der Waals surface area (Å²) in [6.45, 7) is 1.64. The highest BCUT2D eigenvalue weighted by atomic mass is 35.5. The molecule has 1 aliphatic rings. The molecule has 0 saturated heterocycles. The highest BCUT2D eigenvalue weighted by Crippen LogP contribution is 2.30. The SMILES string of the molecule is C[C@@H](Oc1ccccc1)C(=O)Nc1nc2n(n1)[C@H](c1ccc(Cl)cc1)CC(=O)N2. The van der Waals surface area contributed by atoms with Crippen molar-refractivity contribution in [2.45, 2.75) is 25.5 Å². The summed E-state index contributed by atoms with van der Waals surface area (Å²) in [6.07, 6.45) is -0.543. The van der Waals surface area contributed by atoms with Crippen molar-refractivity contribution in [3.05, 3.63) is 65.2 Å². The quantitative estimate of drug-likeness (QED) is 0.671. The third kappa shape index (κ3) is 4.22. The largest absolute Gasteiger partial charge is 0.481 e. The van der Waals surface area contributed by atoms with E-state index in [1.165, 1.54) is 0 Å². The van der Waals surface area contributed by atoms with Crippen molar-refractivity contribution in [1.82, 2.24) is 14.8 Å². The standard InChI is InChI=1S/C20H18ClN5O3/c1-12(29-15-5-3-2-4-6-15)18(28)23-19-24-20-22-17(27)11-16(26(20)25-19)13-7-9-14(21)10-8-13/h2-10,12,16H,11H2,1H3,(H2,22,23,24,25,27,28)/t12-,16+/m1/s1. The lowest BCUT2D eigenvalue weighted by Gasteiger charge is -2.23. The van der Waals surface area contributed by atoms with Crippen molar-refractivity contribution >= 4 is 35.3 Å². The van der Waals surface area contributed by atoms with Crippen molar-refractivity contribution in [3.8, 4) is 5.75 Å². The van der Waals surface area contributed by atoms with Crippen molar-refractivity contribution in [2.24, 2.45) is 0 Å². The second kappa shape index (κ2) is 7.92. The lowest BCUT2D eigenvalue weighted by atomic mass is 10.0. The number of nitrogens with one attached hydrogen (secondary N) is 2. The van der Waals surface area contributed by atoms with Crippen LogP contribution in [0.15, 0.2) is 54.6 Å². The average Bonchev–Trinajstić information content (AvgIpc) is 3.10. The van der Waals surface area contributed by atoms with E-state index in [0.29, 0.717) is 10.8 Å². The molecule has 29 heavy (non-hydrogen) atoms. The molecule has 148 valence electrons. The maximum absolute atomic E-state index is 12.5. The average molecular weight is 412 g/mol. The van der Waals surface area contributed by atoms with Crippen LogP contribution >= 0.6 is 11.6 Å². The molecule has 0 spiro atoms. The Morgan fingerprint density at radius 1 is 1.24 bits per heavy atom. The van der Waals surface area contributed by atoms with Gasteiger partial charge in [-0.25, -0.2) is 4.68 Å². The minimum absolute atomic E-state index is 0.0923. The molecule has 2 aromatic carbocycles. The molecule has 0 saturated carbocycles. The first-order valence-corrected chi connectivity index (χ1v) is 9.42. The number of ether oxygens (including phenoxy) is 1. The smallest absolute Gasteiger partial charge is 0.267 e. The van der Waals surface area contributed by atoms with E-state index in [4.69, 9.17) is 16.3 Å². The highest BCUT2D eigenvalue weighted by Gasteiger charge is 2.30. The Bertz CT molecular complexity index is 1040. The molecule has 0 bridgehead atoms. The van der Waals surface area contributed by atoms with Gasteiger partial charge in [-0.1, -0.05) is 41.9 Å². The van der Waals surface area contributed by atoms with Gasteiger partial charge in [0.2, 0.25) is 11.9 Å². The second-order valence-corrected chi connectivity index (χ2v) is 7.02. The van der Waals surface area contributed by atoms with Crippen molar-refractivity contribution in [2.75, 3.05) is 10.6 Å². The van der Waals surface area contributed by atoms with Gasteiger partial charge in [-0.2, -0.15) is 4.98 Å². The maximum Gasteiger partial charge on any atom is 0.267 e. The number of rotatable bonds is 5. The number of hydrogen-bond acceptors (Lipinski definition) is 5. The molecular weight excluding hydrogens is 394 g/mol. The number of fused-ring (bicyclic) bond motifs is 1. The summed E-state index contributed by atoms with van der Waals surface area (Å²) in [5.41, 5.74) is 0.869. The van der Waals surface area contributed by atoms with Crippen LogP contribution in [0.1, 0.15) is 24.9 Å². The summed E-state index contributed by atoms with van der Waals surface area (Å²) in [4.78, 5) is 28.8. The zero-order valence-corrected chi connectivity index (χ0v) is 16.3. The van der Waals surface area contributed by atoms with Crippen LogP contribution in [0.25, 0.3) is 0 Å². The molecule has 0 aliphatic carbocycles. The summed E-state index contributed by atoms with van der Waals surface area (Å²) >= 11 is 5.96. The van der Waals surface area contributed by atoms with Gasteiger partial charge in [-0.05, 0) is 36.8 Å². The predicted molar refractivity (Wildman–Crippen MR) is 108 cm³/mol. The molecule has 0 unspecified atom stereocenters. The normalized spacial score (nSPS) is 16.5. The number of para-hydroxylation sites is 1. The number of carbonyl (C=O) groups is 2. The number of halogens is 1. The molecule has 1 aromatic heterocycles. The Kier molecular flexibility index (Phi) is 5.18. The molecule has 2 atom stereocenters. The Labute approximate surface area is 171 Å². The first-order chi connectivity index (χ1) is 14.0. The summed E-state index contributed by atoms with van der Waals surface area (Å²) in [5.74, 6) is 0.375. The molecule has 8 nitrogen and oxygen atoms in total. The van der Waals surface area contributed by atoms with Crippen LogP contribution in [-0.2, 0) is 9.59 Å².